The van der Waals surface area contributed by atoms with Crippen LogP contribution in [0.15, 0.2) is 125 Å². The van der Waals surface area contributed by atoms with Crippen molar-refractivity contribution in [3.05, 3.63) is 159 Å². The van der Waals surface area contributed by atoms with Crippen molar-refractivity contribution >= 4 is 11.7 Å². The molecule has 3 aromatic rings. The van der Waals surface area contributed by atoms with Gasteiger partial charge in [0, 0.05) is 36.8 Å². The molecule has 10 N–H and O–H groups in total. The largest absolute Gasteiger partial charge is 0.508 e. The lowest BCUT2D eigenvalue weighted by atomic mass is 9.52. The second-order valence-corrected chi connectivity index (χ2v) is 22.2. The molecule has 2 aliphatic carbocycles. The minimum atomic E-state index is -1.34. The molecule has 0 aromatic heterocycles. The number of amides is 1. The zero-order valence-electron chi connectivity index (χ0n) is 44.4. The Morgan fingerprint density at radius 2 is 1.72 bits per heavy atom. The number of ketones is 1. The predicted molar refractivity (Wildman–Crippen MR) is 294 cm³/mol. The molecule has 3 heterocycles. The number of hydrogen-bond donors (Lipinski definition) is 9. The molecule has 2 fully saturated rings. The van der Waals surface area contributed by atoms with Gasteiger partial charge in [-0.3, -0.25) is 14.9 Å². The van der Waals surface area contributed by atoms with E-state index < -0.39 is 47.5 Å². The second kappa shape index (κ2) is 24.7. The molecule has 75 heavy (non-hydrogen) atoms. The molecule has 8 rings (SSSR count). The zero-order valence-corrected chi connectivity index (χ0v) is 44.4. The van der Waals surface area contributed by atoms with E-state index in [2.05, 4.69) is 60.4 Å². The van der Waals surface area contributed by atoms with Crippen LogP contribution >= 0.6 is 0 Å². The van der Waals surface area contributed by atoms with Gasteiger partial charge in [0.15, 0.2) is 5.78 Å². The minimum absolute atomic E-state index is 0.0315. The zero-order chi connectivity index (χ0) is 53.4. The molecule has 2 saturated carbocycles. The molecule has 400 valence electrons. The van der Waals surface area contributed by atoms with E-state index in [4.69, 9.17) is 10.5 Å². The van der Waals surface area contributed by atoms with Gasteiger partial charge >= 0.3 is 0 Å². The standard InChI is InChI=1S/C63H80N4O8/c1-6-65-54-26-19-39(2)12-7-8-31-75-38-46(17-9-13-40(54)3)51-28-30-63(59(51)72)53-25-24-49(69)35-44-15-10-14-43(32-44)34-47(33-42-20-22-48(68)23-21-42)56(71)37-66-58-57-45(16-11-18-52(57)60(64)67-61(58)73)36-55(70)41(4)50(53)27-29-62(63,5)74/h9-11,13-23,32,47,49,51,53-54,56,58-60,65-66,68-69,71-72,74H,3,6,12,24-31,33-38,64H2,1-2,4-5H3,(H,67,73)/b13-9+,39-19+,46-17-,50-41+/t47-,49-,51+,53+,54-,56+,58+,59+,60-,62+,63+/m0/s1. The number of aliphatic hydroxyl groups is 4. The summed E-state index contributed by atoms with van der Waals surface area (Å²) < 4.78 is 6.23. The molecular formula is C63H80N4O8. The van der Waals surface area contributed by atoms with Crippen LogP contribution in [0.5, 0.6) is 5.75 Å². The van der Waals surface area contributed by atoms with Gasteiger partial charge in [0.1, 0.15) is 24.6 Å². The molecule has 0 unspecified atom stereocenters. The maximum atomic E-state index is 15.1. The number of carbonyl (C=O) groups excluding carboxylic acids is 2. The Kier molecular flexibility index (Phi) is 18.4. The van der Waals surface area contributed by atoms with Gasteiger partial charge in [-0.15, -0.1) is 0 Å². The number of benzene rings is 3. The number of nitrogens with one attached hydrogen (secondary N) is 3. The Balaban J connectivity index is 1.18. The lowest BCUT2D eigenvalue weighted by Gasteiger charge is -2.56. The van der Waals surface area contributed by atoms with E-state index in [1.165, 1.54) is 5.57 Å². The number of Topliss-reactive ketones (excluding diaryl/α,β-unsaturated/α-hetero) is 1. The highest BCUT2D eigenvalue weighted by atomic mass is 16.5. The summed E-state index contributed by atoms with van der Waals surface area (Å²) in [5, 5.41) is 70.0. The number of aromatic hydroxyl groups is 1. The van der Waals surface area contributed by atoms with E-state index in [-0.39, 0.29) is 61.5 Å². The lowest BCUT2D eigenvalue weighted by molar-refractivity contribution is -0.168. The summed E-state index contributed by atoms with van der Waals surface area (Å²) in [5.41, 5.74) is 13.4. The Bertz CT molecular complexity index is 2750. The summed E-state index contributed by atoms with van der Waals surface area (Å²) in [4.78, 5) is 29.1. The van der Waals surface area contributed by atoms with Gasteiger partial charge in [-0.05, 0) is 166 Å². The van der Waals surface area contributed by atoms with Crippen molar-refractivity contribution in [2.75, 3.05) is 26.3 Å². The van der Waals surface area contributed by atoms with E-state index in [0.29, 0.717) is 86.5 Å². The predicted octanol–water partition coefficient (Wildman–Crippen LogP) is 7.39. The number of likely N-dealkylation sites (N-methyl/N-ethyl adjacent to an activating group) is 1. The smallest absolute Gasteiger partial charge is 0.243 e. The normalized spacial score (nSPS) is 34.4. The minimum Gasteiger partial charge on any atom is -0.508 e. The van der Waals surface area contributed by atoms with Gasteiger partial charge in [-0.1, -0.05) is 115 Å². The SMILES string of the molecule is C=C1/C=C/C=C(\[C@H]2CC[C@@]3([C@@H]4CC[C@H](O)Cc5cccc(c5)C[C@H](Cc5ccc(O)cc5)[C@H](O)CN[C@H]5C(=O)N[C@H](N)c6cccc(c65)CC(=O)/C(C)=C/4CC[C@@]3(C)O)[C@@H]2O)COCC#CC/C(C)=C/C[C@@H]1NCC. The van der Waals surface area contributed by atoms with Crippen LogP contribution in [0.1, 0.15) is 125 Å². The lowest BCUT2D eigenvalue weighted by Crippen LogP contribution is -2.59. The van der Waals surface area contributed by atoms with Crippen LogP contribution in [0.2, 0.25) is 0 Å². The van der Waals surface area contributed by atoms with Crippen molar-refractivity contribution in [1.29, 1.82) is 0 Å². The number of nitrogens with two attached hydrogens (primary N) is 1. The number of carbonyl (C=O) groups is 2. The monoisotopic (exact) mass is 1020 g/mol. The average molecular weight is 1020 g/mol. The van der Waals surface area contributed by atoms with Crippen LogP contribution in [0.3, 0.4) is 0 Å². The molecule has 12 nitrogen and oxygen atoms in total. The molecule has 5 aliphatic rings. The highest BCUT2D eigenvalue weighted by Crippen LogP contribution is 2.63. The number of fused-ring (bicyclic) bond motifs is 4. The fraction of sp³-hybridized carbons (Fsp3) is 0.492. The number of aliphatic hydroxyl groups excluding tert-OH is 3. The molecule has 1 amide bonds. The number of allylic oxidation sites excluding steroid dienone is 5. The first-order valence-corrected chi connectivity index (χ1v) is 27.2. The molecule has 2 bridgehead atoms. The topological polar surface area (TPSA) is 207 Å². The highest BCUT2D eigenvalue weighted by Gasteiger charge is 2.64. The summed E-state index contributed by atoms with van der Waals surface area (Å²) in [6.07, 6.45) is 9.97. The van der Waals surface area contributed by atoms with E-state index in [0.717, 1.165) is 46.4 Å². The molecular weight excluding hydrogens is 941 g/mol. The quantitative estimate of drug-likeness (QED) is 0.0910. The van der Waals surface area contributed by atoms with Crippen LogP contribution < -0.4 is 21.7 Å². The highest BCUT2D eigenvalue weighted by molar-refractivity contribution is 5.98. The molecule has 0 radical (unpaired) electrons. The molecule has 11 atom stereocenters. The van der Waals surface area contributed by atoms with Crippen LogP contribution in [-0.2, 0) is 40.0 Å². The van der Waals surface area contributed by atoms with Crippen LogP contribution in [0, 0.1) is 35.0 Å². The summed E-state index contributed by atoms with van der Waals surface area (Å²) >= 11 is 0. The third-order valence-electron chi connectivity index (χ3n) is 17.3. The van der Waals surface area contributed by atoms with Gasteiger partial charge in [0.25, 0.3) is 0 Å². The first-order valence-electron chi connectivity index (χ1n) is 27.2. The van der Waals surface area contributed by atoms with Crippen molar-refractivity contribution in [3.63, 3.8) is 0 Å². The number of rotatable bonds is 5. The maximum absolute atomic E-state index is 15.1. The summed E-state index contributed by atoms with van der Waals surface area (Å²) in [6.45, 7) is 13.6. The fourth-order valence-electron chi connectivity index (χ4n) is 13.1. The molecule has 1 spiro atoms. The third-order valence-corrected chi connectivity index (χ3v) is 17.3. The summed E-state index contributed by atoms with van der Waals surface area (Å²) in [5.74, 6) is 4.89. The van der Waals surface area contributed by atoms with Gasteiger partial charge in [-0.2, -0.15) is 0 Å². The second-order valence-electron chi connectivity index (χ2n) is 22.2. The van der Waals surface area contributed by atoms with Crippen molar-refractivity contribution in [1.82, 2.24) is 16.0 Å². The number of phenols is 1. The summed E-state index contributed by atoms with van der Waals surface area (Å²) in [7, 11) is 0. The van der Waals surface area contributed by atoms with E-state index in [9.17, 15) is 30.3 Å². The van der Waals surface area contributed by atoms with Crippen molar-refractivity contribution in [3.8, 4) is 17.6 Å². The molecule has 3 aliphatic heterocycles. The van der Waals surface area contributed by atoms with Gasteiger partial charge in [0.05, 0.1) is 30.5 Å². The Hall–Kier alpha value is -5.46. The van der Waals surface area contributed by atoms with Crippen molar-refractivity contribution < 1.29 is 39.9 Å². The van der Waals surface area contributed by atoms with Crippen molar-refractivity contribution in [2.45, 2.75) is 147 Å². The average Bonchev–Trinajstić information content (AvgIpc) is 3.72. The third kappa shape index (κ3) is 12.7. The van der Waals surface area contributed by atoms with Crippen LogP contribution in [0.25, 0.3) is 0 Å². The molecule has 3 aromatic carbocycles. The van der Waals surface area contributed by atoms with E-state index in [1.54, 1.807) is 12.1 Å². The number of hydrogen-bond acceptors (Lipinski definition) is 11. The Morgan fingerprint density at radius 3 is 2.49 bits per heavy atom. The van der Waals surface area contributed by atoms with E-state index in [1.807, 2.05) is 80.6 Å². The molecule has 12 heteroatoms. The first kappa shape index (κ1) is 55.8. The van der Waals surface area contributed by atoms with Gasteiger partial charge in [-0.25, -0.2) is 0 Å². The van der Waals surface area contributed by atoms with Gasteiger partial charge in [0.2, 0.25) is 5.91 Å². The van der Waals surface area contributed by atoms with Crippen LogP contribution in [0.4, 0.5) is 0 Å². The fourth-order valence-corrected chi connectivity index (χ4v) is 13.1. The van der Waals surface area contributed by atoms with E-state index >= 15 is 4.79 Å². The Morgan fingerprint density at radius 1 is 0.960 bits per heavy atom. The maximum Gasteiger partial charge on any atom is 0.243 e. The van der Waals surface area contributed by atoms with Crippen LogP contribution in [-0.4, -0.2) is 93.5 Å². The molecule has 0 saturated heterocycles. The Labute approximate surface area is 444 Å². The first-order chi connectivity index (χ1) is 36.0. The van der Waals surface area contributed by atoms with Gasteiger partial charge < -0.3 is 46.6 Å². The van der Waals surface area contributed by atoms with Crippen molar-refractivity contribution in [2.24, 2.45) is 28.9 Å². The number of phenolic OH excluding ortho intramolecular Hbond substituents is 1. The number of β-amino-alcohol motifs (C(OH)–C–C–N with tert-alkyl or cyclic N) is 1. The number of ether oxygens (including phenoxy) is 1. The summed E-state index contributed by atoms with van der Waals surface area (Å²) in [6, 6.07) is 19.7.